The molecule has 1 atom stereocenters. The lowest BCUT2D eigenvalue weighted by Crippen LogP contribution is -1.96. The predicted octanol–water partition coefficient (Wildman–Crippen LogP) is 4.79. The standard InChI is InChI=1S/C12H16BrCl/c1-2-12(14)8-4-6-10-5-3-7-11(13)9-10/h3,5,7,9,12H,2,4,6,8H2,1H3. The number of benzene rings is 1. The highest BCUT2D eigenvalue weighted by molar-refractivity contribution is 9.10. The van der Waals surface area contributed by atoms with E-state index in [0.29, 0.717) is 5.38 Å². The average Bonchev–Trinajstić information content (AvgIpc) is 2.17. The van der Waals surface area contributed by atoms with Crippen LogP contribution in [-0.2, 0) is 6.42 Å². The first kappa shape index (κ1) is 12.1. The molecule has 0 N–H and O–H groups in total. The Labute approximate surface area is 99.8 Å². The molecule has 2 heteroatoms. The summed E-state index contributed by atoms with van der Waals surface area (Å²) in [7, 11) is 0. The first-order valence-electron chi connectivity index (χ1n) is 5.11. The van der Waals surface area contributed by atoms with Gasteiger partial charge in [0, 0.05) is 9.85 Å². The van der Waals surface area contributed by atoms with Gasteiger partial charge in [-0.05, 0) is 43.4 Å². The Morgan fingerprint density at radius 1 is 1.43 bits per heavy atom. The van der Waals surface area contributed by atoms with E-state index >= 15 is 0 Å². The van der Waals surface area contributed by atoms with Gasteiger partial charge in [0.2, 0.25) is 0 Å². The van der Waals surface area contributed by atoms with Crippen molar-refractivity contribution in [3.63, 3.8) is 0 Å². The molecule has 0 nitrogen and oxygen atoms in total. The molecule has 1 aromatic rings. The molecule has 0 amide bonds. The van der Waals surface area contributed by atoms with E-state index in [1.807, 2.05) is 0 Å². The van der Waals surface area contributed by atoms with Crippen molar-refractivity contribution in [2.45, 2.75) is 38.0 Å². The minimum absolute atomic E-state index is 0.349. The fourth-order valence-corrected chi connectivity index (χ4v) is 2.03. The van der Waals surface area contributed by atoms with Crippen molar-refractivity contribution < 1.29 is 0 Å². The average molecular weight is 276 g/mol. The zero-order chi connectivity index (χ0) is 10.4. The maximum atomic E-state index is 6.05. The Hall–Kier alpha value is -0.0100. The Morgan fingerprint density at radius 2 is 2.21 bits per heavy atom. The molecule has 0 saturated heterocycles. The zero-order valence-corrected chi connectivity index (χ0v) is 10.8. The summed E-state index contributed by atoms with van der Waals surface area (Å²) in [6.45, 7) is 2.14. The number of alkyl halides is 1. The van der Waals surface area contributed by atoms with Crippen LogP contribution in [0.1, 0.15) is 31.7 Å². The molecule has 0 aliphatic carbocycles. The van der Waals surface area contributed by atoms with Gasteiger partial charge in [0.05, 0.1) is 0 Å². The first-order valence-corrected chi connectivity index (χ1v) is 6.34. The molecule has 0 spiro atoms. The van der Waals surface area contributed by atoms with Gasteiger partial charge in [-0.15, -0.1) is 11.6 Å². The molecular formula is C12H16BrCl. The predicted molar refractivity (Wildman–Crippen MR) is 67.0 cm³/mol. The highest BCUT2D eigenvalue weighted by Gasteiger charge is 2.01. The first-order chi connectivity index (χ1) is 6.72. The Bertz CT molecular complexity index is 273. The maximum Gasteiger partial charge on any atom is 0.0333 e. The van der Waals surface area contributed by atoms with Crippen LogP contribution < -0.4 is 0 Å². The monoisotopic (exact) mass is 274 g/mol. The van der Waals surface area contributed by atoms with Crippen LogP contribution >= 0.6 is 27.5 Å². The van der Waals surface area contributed by atoms with E-state index < -0.39 is 0 Å². The largest absolute Gasteiger partial charge is 0.123 e. The summed E-state index contributed by atoms with van der Waals surface area (Å²) in [4.78, 5) is 0. The highest BCUT2D eigenvalue weighted by Crippen LogP contribution is 2.16. The van der Waals surface area contributed by atoms with Crippen LogP contribution in [0, 0.1) is 0 Å². The second-order valence-corrected chi connectivity index (χ2v) is 5.06. The van der Waals surface area contributed by atoms with Crippen LogP contribution in [0.4, 0.5) is 0 Å². The number of hydrogen-bond acceptors (Lipinski definition) is 0. The maximum absolute atomic E-state index is 6.05. The minimum Gasteiger partial charge on any atom is -0.123 e. The molecule has 0 heterocycles. The van der Waals surface area contributed by atoms with E-state index in [1.54, 1.807) is 0 Å². The SMILES string of the molecule is CCC(Cl)CCCc1cccc(Br)c1. The van der Waals surface area contributed by atoms with Gasteiger partial charge in [-0.1, -0.05) is 35.0 Å². The van der Waals surface area contributed by atoms with Gasteiger partial charge in [-0.2, -0.15) is 0 Å². The van der Waals surface area contributed by atoms with Gasteiger partial charge in [0.25, 0.3) is 0 Å². The third-order valence-corrected chi connectivity index (χ3v) is 3.33. The van der Waals surface area contributed by atoms with E-state index in [0.717, 1.165) is 23.7 Å². The van der Waals surface area contributed by atoms with E-state index in [2.05, 4.69) is 47.1 Å². The lowest BCUT2D eigenvalue weighted by molar-refractivity contribution is 0.674. The Morgan fingerprint density at radius 3 is 2.86 bits per heavy atom. The van der Waals surface area contributed by atoms with Crippen molar-refractivity contribution in [2.75, 3.05) is 0 Å². The van der Waals surface area contributed by atoms with Gasteiger partial charge in [-0.3, -0.25) is 0 Å². The van der Waals surface area contributed by atoms with E-state index in [-0.39, 0.29) is 0 Å². The number of rotatable bonds is 5. The van der Waals surface area contributed by atoms with Crippen molar-refractivity contribution >= 4 is 27.5 Å². The van der Waals surface area contributed by atoms with Crippen molar-refractivity contribution in [3.8, 4) is 0 Å². The van der Waals surface area contributed by atoms with Gasteiger partial charge in [0.15, 0.2) is 0 Å². The van der Waals surface area contributed by atoms with Crippen LogP contribution in [0.15, 0.2) is 28.7 Å². The summed E-state index contributed by atoms with van der Waals surface area (Å²) >= 11 is 9.52. The molecule has 0 radical (unpaired) electrons. The topological polar surface area (TPSA) is 0 Å². The summed E-state index contributed by atoms with van der Waals surface area (Å²) in [6, 6.07) is 8.48. The summed E-state index contributed by atoms with van der Waals surface area (Å²) in [5.74, 6) is 0. The van der Waals surface area contributed by atoms with E-state index in [1.165, 1.54) is 12.0 Å². The summed E-state index contributed by atoms with van der Waals surface area (Å²) in [5, 5.41) is 0.349. The third kappa shape index (κ3) is 4.47. The molecule has 0 saturated carbocycles. The second kappa shape index (κ2) is 6.47. The van der Waals surface area contributed by atoms with Crippen molar-refractivity contribution in [3.05, 3.63) is 34.3 Å². The Balaban J connectivity index is 2.31. The molecule has 1 aromatic carbocycles. The van der Waals surface area contributed by atoms with Crippen LogP contribution in [0.2, 0.25) is 0 Å². The third-order valence-electron chi connectivity index (χ3n) is 2.31. The van der Waals surface area contributed by atoms with Crippen LogP contribution in [0.5, 0.6) is 0 Å². The van der Waals surface area contributed by atoms with Gasteiger partial charge in [0.1, 0.15) is 0 Å². The van der Waals surface area contributed by atoms with Gasteiger partial charge >= 0.3 is 0 Å². The molecule has 78 valence electrons. The van der Waals surface area contributed by atoms with Crippen LogP contribution in [-0.4, -0.2) is 5.38 Å². The van der Waals surface area contributed by atoms with Crippen molar-refractivity contribution in [2.24, 2.45) is 0 Å². The van der Waals surface area contributed by atoms with Crippen LogP contribution in [0.25, 0.3) is 0 Å². The molecular weight excluding hydrogens is 259 g/mol. The van der Waals surface area contributed by atoms with E-state index in [9.17, 15) is 0 Å². The second-order valence-electron chi connectivity index (χ2n) is 3.53. The molecule has 0 fully saturated rings. The van der Waals surface area contributed by atoms with Gasteiger partial charge in [-0.25, -0.2) is 0 Å². The van der Waals surface area contributed by atoms with Crippen molar-refractivity contribution in [1.82, 2.24) is 0 Å². The quantitative estimate of drug-likeness (QED) is 0.678. The molecule has 0 aliphatic heterocycles. The fourth-order valence-electron chi connectivity index (χ4n) is 1.42. The Kier molecular flexibility index (Phi) is 5.57. The molecule has 0 aromatic heterocycles. The number of aryl methyl sites for hydroxylation is 1. The molecule has 0 aliphatic rings. The van der Waals surface area contributed by atoms with Gasteiger partial charge < -0.3 is 0 Å². The molecule has 1 unspecified atom stereocenters. The molecule has 14 heavy (non-hydrogen) atoms. The summed E-state index contributed by atoms with van der Waals surface area (Å²) < 4.78 is 1.16. The lowest BCUT2D eigenvalue weighted by Gasteiger charge is -2.06. The van der Waals surface area contributed by atoms with E-state index in [4.69, 9.17) is 11.6 Å². The smallest absolute Gasteiger partial charge is 0.0333 e. The normalized spacial score (nSPS) is 12.8. The molecule has 1 rings (SSSR count). The molecule has 0 bridgehead atoms. The van der Waals surface area contributed by atoms with Crippen LogP contribution in [0.3, 0.4) is 0 Å². The van der Waals surface area contributed by atoms with Crippen molar-refractivity contribution in [1.29, 1.82) is 0 Å². The number of halogens is 2. The fraction of sp³-hybridized carbons (Fsp3) is 0.500. The summed E-state index contributed by atoms with van der Waals surface area (Å²) in [6.07, 6.45) is 4.49. The zero-order valence-electron chi connectivity index (χ0n) is 8.47. The highest BCUT2D eigenvalue weighted by atomic mass is 79.9. The summed E-state index contributed by atoms with van der Waals surface area (Å²) in [5.41, 5.74) is 1.39. The number of hydrogen-bond donors (Lipinski definition) is 0. The minimum atomic E-state index is 0.349. The lowest BCUT2D eigenvalue weighted by atomic mass is 10.1.